The van der Waals surface area contributed by atoms with Gasteiger partial charge in [0.25, 0.3) is 0 Å². The van der Waals surface area contributed by atoms with E-state index in [1.807, 2.05) is 6.07 Å². The van der Waals surface area contributed by atoms with E-state index >= 15 is 0 Å². The molecule has 0 fully saturated rings. The molecule has 0 saturated carbocycles. The zero-order valence-electron chi connectivity index (χ0n) is 24.6. The Morgan fingerprint density at radius 2 is 1.30 bits per heavy atom. The molecule has 0 N–H and O–H groups in total. The van der Waals surface area contributed by atoms with Crippen molar-refractivity contribution in [2.75, 3.05) is 0 Å². The van der Waals surface area contributed by atoms with Crippen molar-refractivity contribution >= 4 is 16.5 Å². The van der Waals surface area contributed by atoms with Gasteiger partial charge in [-0.25, -0.2) is 0 Å². The molecule has 204 valence electrons. The second kappa shape index (κ2) is 14.6. The fraction of sp³-hybridized carbons (Fsp3) is 0.243. The Balaban J connectivity index is 0.00000144. The second-order valence-corrected chi connectivity index (χ2v) is 10.4. The molecule has 2 nitrogen and oxygen atoms in total. The molecule has 4 aromatic carbocycles. The first-order valence-corrected chi connectivity index (χ1v) is 13.9. The number of para-hydroxylation sites is 1. The van der Waals surface area contributed by atoms with E-state index in [1.165, 1.54) is 27.6 Å². The maximum Gasteiger partial charge on any atom is 0.0195 e. The number of benzene rings is 4. The largest absolute Gasteiger partial charge is 0.673 e. The summed E-state index contributed by atoms with van der Waals surface area (Å²) in [6.07, 6.45) is 0. The van der Waals surface area contributed by atoms with Crippen LogP contribution in [0.15, 0.2) is 97.1 Å². The van der Waals surface area contributed by atoms with Gasteiger partial charge in [-0.15, -0.1) is 34.8 Å². The average molecular weight is 690 g/mol. The summed E-state index contributed by atoms with van der Waals surface area (Å²) >= 11 is 0. The van der Waals surface area contributed by atoms with E-state index < -0.39 is 0 Å². The van der Waals surface area contributed by atoms with Gasteiger partial charge in [-0.05, 0) is 42.1 Å². The van der Waals surface area contributed by atoms with Crippen molar-refractivity contribution in [3.8, 4) is 11.3 Å². The molecule has 40 heavy (non-hydrogen) atoms. The summed E-state index contributed by atoms with van der Waals surface area (Å²) in [6.45, 7) is 16.2. The number of fused-ring (bicyclic) bond motifs is 1. The smallest absolute Gasteiger partial charge is 0.0195 e. The van der Waals surface area contributed by atoms with Crippen LogP contribution in [0.3, 0.4) is 0 Å². The minimum absolute atomic E-state index is 0. The van der Waals surface area contributed by atoms with Gasteiger partial charge in [0.2, 0.25) is 0 Å². The molecule has 0 bridgehead atoms. The molecule has 0 radical (unpaired) electrons. The van der Waals surface area contributed by atoms with E-state index in [0.717, 1.165) is 28.0 Å². The molecule has 3 heteroatoms. The van der Waals surface area contributed by atoms with Crippen LogP contribution >= 0.6 is 0 Å². The Hall–Kier alpha value is -3.04. The monoisotopic (exact) mass is 691 g/mol. The van der Waals surface area contributed by atoms with Crippen LogP contribution in [0.5, 0.6) is 0 Å². The van der Waals surface area contributed by atoms with Gasteiger partial charge in [0.15, 0.2) is 0 Å². The Labute approximate surface area is 260 Å². The van der Waals surface area contributed by atoms with Crippen molar-refractivity contribution < 1.29 is 25.8 Å². The maximum atomic E-state index is 5.53. The SMILES string of the molecule is Cc1ccccc1C([N-]c1c(C(C)C)cccc1C(C)C)c1cccc(-c2[c-]ccc3ccccc23)n1.[CH2-]C.[Hf]. The number of nitrogens with zero attached hydrogens (tertiary/aromatic N) is 2. The van der Waals surface area contributed by atoms with E-state index in [2.05, 4.69) is 139 Å². The number of hydrogen-bond donors (Lipinski definition) is 0. The van der Waals surface area contributed by atoms with Crippen molar-refractivity contribution in [1.82, 2.24) is 4.98 Å². The molecule has 5 aromatic rings. The van der Waals surface area contributed by atoms with Crippen molar-refractivity contribution in [3.63, 3.8) is 0 Å². The second-order valence-electron chi connectivity index (χ2n) is 10.4. The Kier molecular flexibility index (Phi) is 11.5. The van der Waals surface area contributed by atoms with Crippen molar-refractivity contribution in [1.29, 1.82) is 0 Å². The molecular formula is C37H39HfN2-3. The van der Waals surface area contributed by atoms with E-state index in [1.54, 1.807) is 6.92 Å². The third-order valence-corrected chi connectivity index (χ3v) is 7.11. The van der Waals surface area contributed by atoms with Gasteiger partial charge in [0, 0.05) is 31.5 Å². The first kappa shape index (κ1) is 31.5. The first-order chi connectivity index (χ1) is 18.9. The van der Waals surface area contributed by atoms with Crippen LogP contribution in [-0.4, -0.2) is 4.98 Å². The van der Waals surface area contributed by atoms with Crippen LogP contribution in [-0.2, 0) is 25.8 Å². The van der Waals surface area contributed by atoms with Crippen molar-refractivity contribution in [2.45, 2.75) is 59.4 Å². The number of hydrogen-bond acceptors (Lipinski definition) is 1. The summed E-state index contributed by atoms with van der Waals surface area (Å²) in [5, 5.41) is 7.88. The normalized spacial score (nSPS) is 11.5. The molecule has 1 aromatic heterocycles. The molecule has 1 unspecified atom stereocenters. The number of rotatable bonds is 7. The molecule has 0 saturated heterocycles. The Morgan fingerprint density at radius 3 is 1.98 bits per heavy atom. The summed E-state index contributed by atoms with van der Waals surface area (Å²) in [7, 11) is 0. The Morgan fingerprint density at radius 1 is 0.700 bits per heavy atom. The Bertz CT molecular complexity index is 1510. The van der Waals surface area contributed by atoms with Gasteiger partial charge in [0.1, 0.15) is 0 Å². The predicted molar refractivity (Wildman–Crippen MR) is 168 cm³/mol. The molecular weight excluding hydrogens is 651 g/mol. The molecule has 1 atom stereocenters. The van der Waals surface area contributed by atoms with E-state index in [-0.39, 0.29) is 31.9 Å². The molecule has 1 heterocycles. The zero-order chi connectivity index (χ0) is 27.9. The maximum absolute atomic E-state index is 5.53. The van der Waals surface area contributed by atoms with Crippen LogP contribution < -0.4 is 0 Å². The van der Waals surface area contributed by atoms with Crippen LogP contribution in [0.25, 0.3) is 27.3 Å². The fourth-order valence-corrected chi connectivity index (χ4v) is 5.10. The van der Waals surface area contributed by atoms with E-state index in [9.17, 15) is 0 Å². The van der Waals surface area contributed by atoms with Gasteiger partial charge in [-0.3, -0.25) is 0 Å². The quantitative estimate of drug-likeness (QED) is 0.123. The molecule has 0 aliphatic rings. The van der Waals surface area contributed by atoms with Crippen molar-refractivity contribution in [3.05, 3.63) is 143 Å². The van der Waals surface area contributed by atoms with Gasteiger partial charge in [-0.1, -0.05) is 129 Å². The number of pyridine rings is 1. The van der Waals surface area contributed by atoms with Gasteiger partial charge in [-0.2, -0.15) is 6.92 Å². The van der Waals surface area contributed by atoms with Gasteiger partial charge < -0.3 is 17.2 Å². The van der Waals surface area contributed by atoms with E-state index in [4.69, 9.17) is 10.3 Å². The first-order valence-electron chi connectivity index (χ1n) is 13.9. The molecule has 0 aliphatic heterocycles. The minimum atomic E-state index is -0.214. The summed E-state index contributed by atoms with van der Waals surface area (Å²) in [6, 6.07) is 37.2. The molecule has 0 aliphatic carbocycles. The zero-order valence-corrected chi connectivity index (χ0v) is 28.2. The summed E-state index contributed by atoms with van der Waals surface area (Å²) in [5.74, 6) is 0.749. The third kappa shape index (κ3) is 6.81. The number of aryl methyl sites for hydroxylation is 1. The summed E-state index contributed by atoms with van der Waals surface area (Å²) in [4.78, 5) is 5.23. The standard InChI is InChI=1S/C35H34N2.C2H5.Hf/c1-23(2)27-18-11-19-28(24(3)4)34(27)37-35(29-16-8-6-13-25(29)5)33-22-12-21-32(36-33)31-20-10-15-26-14-7-9-17-30(26)31;1-2;/h6-19,21-24,35H,1-5H3;1H2,2H3;/q-2;-1;. The number of aromatic nitrogens is 1. The van der Waals surface area contributed by atoms with Crippen LogP contribution in [0.2, 0.25) is 0 Å². The third-order valence-electron chi connectivity index (χ3n) is 7.11. The van der Waals surface area contributed by atoms with Crippen LogP contribution in [0, 0.1) is 19.9 Å². The average Bonchev–Trinajstić information content (AvgIpc) is 2.97. The summed E-state index contributed by atoms with van der Waals surface area (Å²) in [5.41, 5.74) is 8.95. The minimum Gasteiger partial charge on any atom is -0.673 e. The molecule has 0 amide bonds. The van der Waals surface area contributed by atoms with Crippen LogP contribution in [0.1, 0.15) is 80.4 Å². The fourth-order valence-electron chi connectivity index (χ4n) is 5.10. The van der Waals surface area contributed by atoms with Crippen molar-refractivity contribution in [2.24, 2.45) is 0 Å². The molecule has 0 spiro atoms. The summed E-state index contributed by atoms with van der Waals surface area (Å²) < 4.78 is 0. The molecule has 5 rings (SSSR count). The predicted octanol–water partition coefficient (Wildman–Crippen LogP) is 10.9. The van der Waals surface area contributed by atoms with E-state index in [0.29, 0.717) is 11.8 Å². The van der Waals surface area contributed by atoms with Gasteiger partial charge in [0.05, 0.1) is 0 Å². The van der Waals surface area contributed by atoms with Gasteiger partial charge >= 0.3 is 0 Å². The topological polar surface area (TPSA) is 27.0 Å². The van der Waals surface area contributed by atoms with Crippen LogP contribution in [0.4, 0.5) is 5.69 Å².